The van der Waals surface area contributed by atoms with Gasteiger partial charge in [-0.2, -0.15) is 0 Å². The van der Waals surface area contributed by atoms with E-state index in [1.54, 1.807) is 31.0 Å². The topological polar surface area (TPSA) is 61.6 Å². The Kier molecular flexibility index (Phi) is 9.15. The van der Waals surface area contributed by atoms with Crippen LogP contribution in [-0.4, -0.2) is 31.0 Å². The molecule has 1 aliphatic rings. The number of hydrogen-bond acceptors (Lipinski definition) is 5. The summed E-state index contributed by atoms with van der Waals surface area (Å²) in [6.45, 7) is 3.61. The third-order valence-corrected chi connectivity index (χ3v) is 5.22. The largest absolute Gasteiger partial charge is 0.498 e. The van der Waals surface area contributed by atoms with Crippen molar-refractivity contribution in [3.8, 4) is 0 Å². The molecule has 0 unspecified atom stereocenters. The molecule has 0 bridgehead atoms. The highest BCUT2D eigenvalue weighted by molar-refractivity contribution is 8.03. The van der Waals surface area contributed by atoms with E-state index in [1.165, 1.54) is 22.6 Å². The van der Waals surface area contributed by atoms with Crippen molar-refractivity contribution < 1.29 is 14.4 Å². The van der Waals surface area contributed by atoms with Gasteiger partial charge in [0.1, 0.15) is 0 Å². The van der Waals surface area contributed by atoms with Gasteiger partial charge in [0, 0.05) is 36.3 Å². The van der Waals surface area contributed by atoms with Crippen LogP contribution in [0.25, 0.3) is 6.08 Å². The van der Waals surface area contributed by atoms with E-state index in [9.17, 15) is 10.1 Å². The number of methoxy groups -OCH3 is 1. The van der Waals surface area contributed by atoms with E-state index in [-0.39, 0.29) is 10.6 Å². The summed E-state index contributed by atoms with van der Waals surface area (Å²) in [7, 11) is 1.70. The molecule has 1 aromatic rings. The fraction of sp³-hybridized carbons (Fsp3) is 0.429. The Balaban J connectivity index is 2.14. The van der Waals surface area contributed by atoms with Gasteiger partial charge in [0.15, 0.2) is 0 Å². The number of unbranched alkanes of at least 4 members (excludes halogenated alkanes) is 1. The molecule has 0 aliphatic heterocycles. The summed E-state index contributed by atoms with van der Waals surface area (Å²) in [5.74, 6) is 1.90. The first-order chi connectivity index (χ1) is 13.1. The summed E-state index contributed by atoms with van der Waals surface area (Å²) in [5.41, 5.74) is 2.32. The van der Waals surface area contributed by atoms with Crippen LogP contribution in [0.4, 0.5) is 5.69 Å². The van der Waals surface area contributed by atoms with E-state index in [2.05, 4.69) is 25.2 Å². The Morgan fingerprint density at radius 3 is 2.59 bits per heavy atom. The quantitative estimate of drug-likeness (QED) is 0.274. The van der Waals surface area contributed by atoms with Crippen LogP contribution in [-0.2, 0) is 9.47 Å². The van der Waals surface area contributed by atoms with Gasteiger partial charge in [-0.15, -0.1) is 11.8 Å². The van der Waals surface area contributed by atoms with Crippen molar-refractivity contribution in [2.75, 3.05) is 26.1 Å². The molecule has 27 heavy (non-hydrogen) atoms. The van der Waals surface area contributed by atoms with Gasteiger partial charge in [0.2, 0.25) is 0 Å². The van der Waals surface area contributed by atoms with Crippen LogP contribution in [0.15, 0.2) is 52.7 Å². The third kappa shape index (κ3) is 7.23. The maximum atomic E-state index is 10.8. The highest BCUT2D eigenvalue weighted by atomic mass is 32.2. The molecule has 0 heterocycles. The zero-order valence-electron chi connectivity index (χ0n) is 16.0. The average Bonchev–Trinajstić information content (AvgIpc) is 2.68. The van der Waals surface area contributed by atoms with Crippen LogP contribution >= 0.6 is 11.8 Å². The molecule has 6 heteroatoms. The molecule has 2 rings (SSSR count). The fourth-order valence-electron chi connectivity index (χ4n) is 2.60. The highest BCUT2D eigenvalue weighted by Gasteiger charge is 2.13. The summed E-state index contributed by atoms with van der Waals surface area (Å²) in [6.07, 6.45) is 10.3. The second-order valence-electron chi connectivity index (χ2n) is 6.23. The number of non-ortho nitro benzene ring substituents is 1. The van der Waals surface area contributed by atoms with Crippen LogP contribution < -0.4 is 0 Å². The van der Waals surface area contributed by atoms with Gasteiger partial charge in [0.05, 0.1) is 23.9 Å². The van der Waals surface area contributed by atoms with Gasteiger partial charge in [0.25, 0.3) is 5.69 Å². The molecule has 0 aromatic heterocycles. The van der Waals surface area contributed by atoms with E-state index < -0.39 is 0 Å². The van der Waals surface area contributed by atoms with Crippen molar-refractivity contribution in [2.45, 2.75) is 32.6 Å². The third-order valence-electron chi connectivity index (χ3n) is 4.16. The van der Waals surface area contributed by atoms with E-state index in [0.717, 1.165) is 49.4 Å². The Morgan fingerprint density at radius 2 is 2.00 bits per heavy atom. The molecule has 0 amide bonds. The number of allylic oxidation sites excluding steroid dienone is 4. The van der Waals surface area contributed by atoms with Crippen molar-refractivity contribution in [2.24, 2.45) is 0 Å². The van der Waals surface area contributed by atoms with Gasteiger partial charge in [-0.05, 0) is 48.3 Å². The van der Waals surface area contributed by atoms with Crippen LogP contribution in [0.1, 0.15) is 38.2 Å². The zero-order valence-corrected chi connectivity index (χ0v) is 16.8. The van der Waals surface area contributed by atoms with Gasteiger partial charge in [-0.3, -0.25) is 10.1 Å². The van der Waals surface area contributed by atoms with Crippen molar-refractivity contribution >= 4 is 23.5 Å². The summed E-state index contributed by atoms with van der Waals surface area (Å²) < 4.78 is 11.0. The standard InChI is InChI=1S/C21H27NO4S/c1-3-4-13-26-20-11-7-18(8-12-20)21(27-15-14-25-2)16-17-5-9-19(10-6-17)22(23)24/h5-7,9-11,16H,3-4,8,12-15H2,1-2H3. The summed E-state index contributed by atoms with van der Waals surface area (Å²) in [5, 5.41) is 10.8. The number of ether oxygens (including phenoxy) is 2. The lowest BCUT2D eigenvalue weighted by Crippen LogP contribution is -2.01. The number of benzene rings is 1. The van der Waals surface area contributed by atoms with E-state index in [1.807, 2.05) is 0 Å². The molecule has 0 N–H and O–H groups in total. The molecule has 0 saturated heterocycles. The minimum absolute atomic E-state index is 0.106. The average molecular weight is 390 g/mol. The molecule has 5 nitrogen and oxygen atoms in total. The lowest BCUT2D eigenvalue weighted by atomic mass is 10.0. The zero-order chi connectivity index (χ0) is 19.5. The first kappa shape index (κ1) is 21.3. The van der Waals surface area contributed by atoms with Crippen LogP contribution in [0, 0.1) is 10.1 Å². The highest BCUT2D eigenvalue weighted by Crippen LogP contribution is 2.33. The second-order valence-corrected chi connectivity index (χ2v) is 7.36. The smallest absolute Gasteiger partial charge is 0.269 e. The molecule has 1 aliphatic carbocycles. The van der Waals surface area contributed by atoms with Gasteiger partial charge < -0.3 is 9.47 Å². The molecular weight excluding hydrogens is 362 g/mol. The van der Waals surface area contributed by atoms with E-state index >= 15 is 0 Å². The van der Waals surface area contributed by atoms with Crippen LogP contribution in [0.5, 0.6) is 0 Å². The number of nitro benzene ring substituents is 1. The van der Waals surface area contributed by atoms with E-state index in [0.29, 0.717) is 6.61 Å². The summed E-state index contributed by atoms with van der Waals surface area (Å²) >= 11 is 1.74. The van der Waals surface area contributed by atoms with Gasteiger partial charge in [-0.25, -0.2) is 0 Å². The number of hydrogen-bond donors (Lipinski definition) is 0. The Bertz CT molecular complexity index is 707. The Labute approximate surface area is 165 Å². The monoisotopic (exact) mass is 389 g/mol. The SMILES string of the molecule is CCCCOC1=CC=C(C(=Cc2ccc([N+](=O)[O-])cc2)SCCOC)CC1. The molecular formula is C21H27NO4S. The van der Waals surface area contributed by atoms with Crippen LogP contribution in [0.2, 0.25) is 0 Å². The minimum atomic E-state index is -0.379. The Hall–Kier alpha value is -2.05. The normalized spacial score (nSPS) is 14.5. The number of nitrogens with zero attached hydrogens (tertiary/aromatic N) is 1. The second kappa shape index (κ2) is 11.6. The lowest BCUT2D eigenvalue weighted by molar-refractivity contribution is -0.384. The minimum Gasteiger partial charge on any atom is -0.498 e. The molecule has 0 saturated carbocycles. The number of thioether (sulfide) groups is 1. The summed E-state index contributed by atoms with van der Waals surface area (Å²) in [4.78, 5) is 11.6. The molecule has 146 valence electrons. The van der Waals surface area contributed by atoms with Crippen molar-refractivity contribution in [1.82, 2.24) is 0 Å². The molecule has 0 fully saturated rings. The number of nitro groups is 1. The first-order valence-electron chi connectivity index (χ1n) is 9.24. The molecule has 1 aromatic carbocycles. The molecule has 0 radical (unpaired) electrons. The lowest BCUT2D eigenvalue weighted by Gasteiger charge is -2.18. The maximum Gasteiger partial charge on any atom is 0.269 e. The van der Waals surface area contributed by atoms with E-state index in [4.69, 9.17) is 9.47 Å². The van der Waals surface area contributed by atoms with Crippen molar-refractivity contribution in [3.05, 3.63) is 68.3 Å². The first-order valence-corrected chi connectivity index (χ1v) is 10.2. The van der Waals surface area contributed by atoms with Crippen molar-refractivity contribution in [1.29, 1.82) is 0 Å². The fourth-order valence-corrected chi connectivity index (χ4v) is 3.64. The predicted molar refractivity (Wildman–Crippen MR) is 112 cm³/mol. The predicted octanol–water partition coefficient (Wildman–Crippen LogP) is 5.74. The number of rotatable bonds is 11. The van der Waals surface area contributed by atoms with Crippen LogP contribution in [0.3, 0.4) is 0 Å². The maximum absolute atomic E-state index is 10.8. The molecule has 0 atom stereocenters. The Morgan fingerprint density at radius 1 is 1.22 bits per heavy atom. The van der Waals surface area contributed by atoms with Gasteiger partial charge >= 0.3 is 0 Å². The van der Waals surface area contributed by atoms with Gasteiger partial charge in [-0.1, -0.05) is 19.4 Å². The van der Waals surface area contributed by atoms with Crippen molar-refractivity contribution in [3.63, 3.8) is 0 Å². The summed E-state index contributed by atoms with van der Waals surface area (Å²) in [6, 6.07) is 6.65. The molecule has 0 spiro atoms.